The van der Waals surface area contributed by atoms with Gasteiger partial charge >= 0.3 is 10.7 Å². The van der Waals surface area contributed by atoms with Crippen molar-refractivity contribution in [2.45, 2.75) is 12.1 Å². The summed E-state index contributed by atoms with van der Waals surface area (Å²) in [7, 11) is 0. The van der Waals surface area contributed by atoms with E-state index < -0.39 is 0 Å². The molecular formula is C6H9N2OS+. The standard InChI is InChI=1S/C6H8N2OS/c1-2-10-6-7-4-3-5(9)8-6/h3-4H,2H2,1H3,(H,7,8,9)/p+1. The summed E-state index contributed by atoms with van der Waals surface area (Å²) in [5.41, 5.74) is -0.0605. The first-order valence-electron chi connectivity index (χ1n) is 3.06. The number of hydrogen-bond donors (Lipinski definition) is 1. The van der Waals surface area contributed by atoms with E-state index in [4.69, 9.17) is 0 Å². The molecule has 3 nitrogen and oxygen atoms in total. The van der Waals surface area contributed by atoms with Crippen LogP contribution in [0.25, 0.3) is 0 Å². The Bertz CT molecular complexity index is 258. The number of H-pyrrole nitrogens is 2. The molecule has 0 saturated carbocycles. The second-order valence-corrected chi connectivity index (χ2v) is 3.00. The topological polar surface area (TPSA) is 47.0 Å². The highest BCUT2D eigenvalue weighted by Crippen LogP contribution is 2.04. The van der Waals surface area contributed by atoms with Gasteiger partial charge in [-0.2, -0.15) is 0 Å². The zero-order chi connectivity index (χ0) is 7.40. The van der Waals surface area contributed by atoms with Crippen molar-refractivity contribution < 1.29 is 4.98 Å². The summed E-state index contributed by atoms with van der Waals surface area (Å²) in [5.74, 6) is 0.955. The van der Waals surface area contributed by atoms with Crippen LogP contribution in [0.4, 0.5) is 0 Å². The molecule has 10 heavy (non-hydrogen) atoms. The van der Waals surface area contributed by atoms with Gasteiger partial charge in [-0.25, -0.2) is 14.8 Å². The molecule has 4 heteroatoms. The van der Waals surface area contributed by atoms with Crippen LogP contribution in [0.3, 0.4) is 0 Å². The van der Waals surface area contributed by atoms with Gasteiger partial charge in [-0.15, -0.1) is 0 Å². The van der Waals surface area contributed by atoms with Gasteiger partial charge < -0.3 is 0 Å². The van der Waals surface area contributed by atoms with Crippen molar-refractivity contribution in [3.8, 4) is 0 Å². The molecule has 1 aromatic heterocycles. The van der Waals surface area contributed by atoms with Gasteiger partial charge in [0.15, 0.2) is 0 Å². The van der Waals surface area contributed by atoms with Crippen molar-refractivity contribution in [1.29, 1.82) is 0 Å². The fourth-order valence-electron chi connectivity index (χ4n) is 0.605. The van der Waals surface area contributed by atoms with Crippen molar-refractivity contribution in [2.24, 2.45) is 0 Å². The van der Waals surface area contributed by atoms with Crippen molar-refractivity contribution in [3.05, 3.63) is 22.6 Å². The average Bonchev–Trinajstić information content (AvgIpc) is 1.88. The molecule has 0 bridgehead atoms. The Hall–Kier alpha value is -0.770. The maximum absolute atomic E-state index is 10.7. The third kappa shape index (κ3) is 1.88. The Kier molecular flexibility index (Phi) is 2.50. The summed E-state index contributed by atoms with van der Waals surface area (Å²) in [6.45, 7) is 2.03. The van der Waals surface area contributed by atoms with Crippen molar-refractivity contribution in [3.63, 3.8) is 0 Å². The molecule has 0 aromatic carbocycles. The monoisotopic (exact) mass is 157 g/mol. The number of aromatic nitrogens is 2. The largest absolute Gasteiger partial charge is 0.335 e. The van der Waals surface area contributed by atoms with Crippen LogP contribution in [0, 0.1) is 0 Å². The van der Waals surface area contributed by atoms with E-state index in [0.717, 1.165) is 10.9 Å². The molecule has 1 aromatic rings. The van der Waals surface area contributed by atoms with Crippen LogP contribution in [-0.4, -0.2) is 10.7 Å². The minimum absolute atomic E-state index is 0.0605. The van der Waals surface area contributed by atoms with E-state index in [1.165, 1.54) is 6.07 Å². The zero-order valence-electron chi connectivity index (χ0n) is 5.68. The van der Waals surface area contributed by atoms with Crippen LogP contribution < -0.4 is 10.5 Å². The van der Waals surface area contributed by atoms with Crippen molar-refractivity contribution in [2.75, 3.05) is 5.75 Å². The van der Waals surface area contributed by atoms with Crippen LogP contribution in [-0.2, 0) is 0 Å². The molecule has 0 saturated heterocycles. The third-order valence-electron chi connectivity index (χ3n) is 0.975. The molecule has 1 heterocycles. The first kappa shape index (κ1) is 7.34. The van der Waals surface area contributed by atoms with Gasteiger partial charge in [-0.1, -0.05) is 6.92 Å². The molecule has 0 radical (unpaired) electrons. The third-order valence-corrected chi connectivity index (χ3v) is 1.77. The smallest absolute Gasteiger partial charge is 0.241 e. The number of nitrogens with one attached hydrogen (secondary N) is 2. The second-order valence-electron chi connectivity index (χ2n) is 1.73. The van der Waals surface area contributed by atoms with Gasteiger partial charge in [-0.05, 0) is 11.8 Å². The van der Waals surface area contributed by atoms with E-state index >= 15 is 0 Å². The summed E-state index contributed by atoms with van der Waals surface area (Å²) in [6.07, 6.45) is 1.64. The first-order chi connectivity index (χ1) is 4.83. The molecule has 1 rings (SSSR count). The summed E-state index contributed by atoms with van der Waals surface area (Å²) >= 11 is 1.58. The lowest BCUT2D eigenvalue weighted by molar-refractivity contribution is -0.434. The summed E-state index contributed by atoms with van der Waals surface area (Å²) < 4.78 is 0. The van der Waals surface area contributed by atoms with Crippen LogP contribution in [0.5, 0.6) is 0 Å². The lowest BCUT2D eigenvalue weighted by Crippen LogP contribution is -2.16. The Morgan fingerprint density at radius 2 is 2.60 bits per heavy atom. The van der Waals surface area contributed by atoms with E-state index in [-0.39, 0.29) is 5.56 Å². The van der Waals surface area contributed by atoms with Crippen LogP contribution >= 0.6 is 11.8 Å². The molecule has 0 spiro atoms. The van der Waals surface area contributed by atoms with E-state index in [1.54, 1.807) is 18.0 Å². The Morgan fingerprint density at radius 3 is 3.20 bits per heavy atom. The summed E-state index contributed by atoms with van der Waals surface area (Å²) in [6, 6.07) is 1.46. The maximum atomic E-state index is 10.7. The first-order valence-corrected chi connectivity index (χ1v) is 4.05. The molecule has 0 unspecified atom stereocenters. The highest BCUT2D eigenvalue weighted by atomic mass is 32.2. The van der Waals surface area contributed by atoms with Gasteiger partial charge in [0, 0.05) is 5.75 Å². The number of rotatable bonds is 2. The van der Waals surface area contributed by atoms with E-state index in [9.17, 15) is 4.79 Å². The molecule has 54 valence electrons. The van der Waals surface area contributed by atoms with Gasteiger partial charge in [-0.3, -0.25) is 0 Å². The highest BCUT2D eigenvalue weighted by molar-refractivity contribution is 7.99. The van der Waals surface area contributed by atoms with Crippen molar-refractivity contribution in [1.82, 2.24) is 4.98 Å². The molecule has 0 fully saturated rings. The molecule has 2 N–H and O–H groups in total. The predicted octanol–water partition coefficient (Wildman–Crippen LogP) is 0.301. The fourth-order valence-corrected chi connectivity index (χ4v) is 1.22. The van der Waals surface area contributed by atoms with Crippen LogP contribution in [0.1, 0.15) is 6.92 Å². The quantitative estimate of drug-likeness (QED) is 0.496. The number of hydrogen-bond acceptors (Lipinski definition) is 2. The van der Waals surface area contributed by atoms with Crippen LogP contribution in [0.15, 0.2) is 22.2 Å². The molecule has 0 aliphatic carbocycles. The van der Waals surface area contributed by atoms with Gasteiger partial charge in [0.05, 0.1) is 12.3 Å². The predicted molar refractivity (Wildman–Crippen MR) is 40.0 cm³/mol. The average molecular weight is 157 g/mol. The molecule has 0 amide bonds. The summed E-state index contributed by atoms with van der Waals surface area (Å²) in [5, 5.41) is 0.815. The number of thioether (sulfide) groups is 1. The SMILES string of the molecule is CCSc1[nH]c(=O)cc[nH+]1. The van der Waals surface area contributed by atoms with E-state index in [0.29, 0.717) is 0 Å². The lowest BCUT2D eigenvalue weighted by Gasteiger charge is -1.86. The fraction of sp³-hybridized carbons (Fsp3) is 0.333. The minimum Gasteiger partial charge on any atom is -0.241 e. The van der Waals surface area contributed by atoms with Crippen LogP contribution in [0.2, 0.25) is 0 Å². The van der Waals surface area contributed by atoms with Gasteiger partial charge in [0.2, 0.25) is 0 Å². The van der Waals surface area contributed by atoms with Gasteiger partial charge in [0.1, 0.15) is 0 Å². The minimum atomic E-state index is -0.0605. The number of aromatic amines is 2. The normalized spacial score (nSPS) is 9.70. The van der Waals surface area contributed by atoms with E-state index in [1.807, 2.05) is 6.92 Å². The van der Waals surface area contributed by atoms with Crippen molar-refractivity contribution >= 4 is 11.8 Å². The Morgan fingerprint density at radius 1 is 1.80 bits per heavy atom. The second kappa shape index (κ2) is 3.41. The van der Waals surface area contributed by atoms with E-state index in [2.05, 4.69) is 9.97 Å². The molecule has 0 aliphatic rings. The Balaban J connectivity index is 2.85. The molecule has 0 aliphatic heterocycles. The zero-order valence-corrected chi connectivity index (χ0v) is 6.49. The molecule has 0 atom stereocenters. The summed E-state index contributed by atoms with van der Waals surface area (Å²) in [4.78, 5) is 16.3. The highest BCUT2D eigenvalue weighted by Gasteiger charge is 1.98. The Labute approximate surface area is 62.9 Å². The molecular weight excluding hydrogens is 148 g/mol. The lowest BCUT2D eigenvalue weighted by atomic mass is 10.7. The van der Waals surface area contributed by atoms with Gasteiger partial charge in [0.25, 0.3) is 0 Å². The maximum Gasteiger partial charge on any atom is 0.335 e.